The predicted molar refractivity (Wildman–Crippen MR) is 61.8 cm³/mol. The number of aromatic nitrogens is 1. The number of hydrogen-bond donors (Lipinski definition) is 2. The summed E-state index contributed by atoms with van der Waals surface area (Å²) in [5.41, 5.74) is 2.35. The minimum Gasteiger partial charge on any atom is -0.473 e. The van der Waals surface area contributed by atoms with Gasteiger partial charge in [-0.3, -0.25) is 4.98 Å². The minimum atomic E-state index is -1.82. The predicted octanol–water partition coefficient (Wildman–Crippen LogP) is 1.70. The molecule has 0 aliphatic carbocycles. The van der Waals surface area contributed by atoms with Crippen LogP contribution in [0.2, 0.25) is 0 Å². The third-order valence-corrected chi connectivity index (χ3v) is 1.94. The van der Waals surface area contributed by atoms with Gasteiger partial charge in [0.2, 0.25) is 0 Å². The molecule has 0 radical (unpaired) electrons. The summed E-state index contributed by atoms with van der Waals surface area (Å²) < 4.78 is 0. The summed E-state index contributed by atoms with van der Waals surface area (Å²) in [6.45, 7) is 2.09. The lowest BCUT2D eigenvalue weighted by Crippen LogP contribution is -2.09. The molecule has 0 saturated carbocycles. The minimum absolute atomic E-state index is 1.07. The van der Waals surface area contributed by atoms with Gasteiger partial charge in [0.1, 0.15) is 0 Å². The second-order valence-corrected chi connectivity index (χ2v) is 3.31. The summed E-state index contributed by atoms with van der Waals surface area (Å²) in [7, 11) is 0. The monoisotopic (exact) mass is 233 g/mol. The molecule has 0 atom stereocenters. The number of nitrogens with zero attached hydrogens (tertiary/aromatic N) is 1. The van der Waals surface area contributed by atoms with Gasteiger partial charge in [-0.1, -0.05) is 17.7 Å². The van der Waals surface area contributed by atoms with Gasteiger partial charge in [0.25, 0.3) is 0 Å². The smallest absolute Gasteiger partial charge is 0.414 e. The van der Waals surface area contributed by atoms with E-state index >= 15 is 0 Å². The van der Waals surface area contributed by atoms with Gasteiger partial charge in [-0.05, 0) is 25.1 Å². The van der Waals surface area contributed by atoms with Crippen LogP contribution in [-0.4, -0.2) is 27.1 Å². The number of benzene rings is 1. The van der Waals surface area contributed by atoms with Gasteiger partial charge in [-0.15, -0.1) is 0 Å². The van der Waals surface area contributed by atoms with E-state index in [0.29, 0.717) is 0 Å². The largest absolute Gasteiger partial charge is 0.473 e. The molecule has 5 heteroatoms. The van der Waals surface area contributed by atoms with Crippen molar-refractivity contribution < 1.29 is 19.8 Å². The van der Waals surface area contributed by atoms with E-state index in [9.17, 15) is 0 Å². The van der Waals surface area contributed by atoms with E-state index < -0.39 is 11.9 Å². The van der Waals surface area contributed by atoms with Crippen molar-refractivity contribution in [2.45, 2.75) is 6.92 Å². The molecular formula is C12H11NO4. The van der Waals surface area contributed by atoms with Crippen LogP contribution in [0.3, 0.4) is 0 Å². The summed E-state index contributed by atoms with van der Waals surface area (Å²) in [5, 5.41) is 16.0. The van der Waals surface area contributed by atoms with Gasteiger partial charge >= 0.3 is 11.9 Å². The maximum atomic E-state index is 9.10. The number of carbonyl (C=O) groups is 2. The van der Waals surface area contributed by atoms with Crippen LogP contribution in [-0.2, 0) is 9.59 Å². The highest BCUT2D eigenvalue weighted by Gasteiger charge is 2.04. The average molecular weight is 233 g/mol. The second-order valence-electron chi connectivity index (χ2n) is 3.31. The molecule has 0 saturated heterocycles. The number of fused-ring (bicyclic) bond motifs is 1. The highest BCUT2D eigenvalue weighted by atomic mass is 16.4. The van der Waals surface area contributed by atoms with Crippen molar-refractivity contribution in [2.75, 3.05) is 0 Å². The quantitative estimate of drug-likeness (QED) is 0.676. The Bertz CT molecular complexity index is 539. The fourth-order valence-corrected chi connectivity index (χ4v) is 1.20. The van der Waals surface area contributed by atoms with Crippen molar-refractivity contribution in [3.05, 3.63) is 42.1 Å². The third-order valence-electron chi connectivity index (χ3n) is 1.94. The first-order chi connectivity index (χ1) is 8.00. The first-order valence-corrected chi connectivity index (χ1v) is 4.78. The van der Waals surface area contributed by atoms with E-state index in [4.69, 9.17) is 19.8 Å². The molecule has 0 amide bonds. The summed E-state index contributed by atoms with van der Waals surface area (Å²) in [4.78, 5) is 22.4. The van der Waals surface area contributed by atoms with Crippen LogP contribution in [0.25, 0.3) is 10.9 Å². The number of pyridine rings is 1. The molecule has 2 aromatic rings. The van der Waals surface area contributed by atoms with E-state index in [2.05, 4.69) is 30.1 Å². The Kier molecular flexibility index (Phi) is 4.16. The lowest BCUT2D eigenvalue weighted by atomic mass is 10.1. The van der Waals surface area contributed by atoms with Crippen LogP contribution in [0, 0.1) is 6.92 Å². The SMILES string of the molecule is Cc1ccc2ncccc2c1.O=C(O)C(=O)O. The van der Waals surface area contributed by atoms with Crippen LogP contribution in [0.4, 0.5) is 0 Å². The Morgan fingerprint density at radius 3 is 2.35 bits per heavy atom. The van der Waals surface area contributed by atoms with Crippen LogP contribution < -0.4 is 0 Å². The molecule has 17 heavy (non-hydrogen) atoms. The van der Waals surface area contributed by atoms with Gasteiger partial charge in [-0.2, -0.15) is 0 Å². The zero-order valence-corrected chi connectivity index (χ0v) is 9.12. The fourth-order valence-electron chi connectivity index (χ4n) is 1.20. The van der Waals surface area contributed by atoms with Crippen LogP contribution >= 0.6 is 0 Å². The van der Waals surface area contributed by atoms with Crippen molar-refractivity contribution in [1.29, 1.82) is 0 Å². The molecule has 0 fully saturated rings. The lowest BCUT2D eigenvalue weighted by Gasteiger charge is -1.95. The number of carboxylic acid groups (broad SMARTS) is 2. The molecule has 0 bridgehead atoms. The summed E-state index contributed by atoms with van der Waals surface area (Å²) in [6, 6.07) is 10.3. The molecule has 2 N–H and O–H groups in total. The molecule has 88 valence electrons. The van der Waals surface area contributed by atoms with Crippen LogP contribution in [0.15, 0.2) is 36.5 Å². The average Bonchev–Trinajstić information content (AvgIpc) is 2.29. The van der Waals surface area contributed by atoms with E-state index in [1.54, 1.807) is 0 Å². The third kappa shape index (κ3) is 3.90. The molecule has 0 unspecified atom stereocenters. The number of aliphatic carboxylic acids is 2. The Balaban J connectivity index is 0.000000209. The molecule has 0 spiro atoms. The van der Waals surface area contributed by atoms with Gasteiger partial charge in [0.15, 0.2) is 0 Å². The molecule has 1 aromatic heterocycles. The first-order valence-electron chi connectivity index (χ1n) is 4.78. The normalized spacial score (nSPS) is 9.24. The highest BCUT2D eigenvalue weighted by molar-refractivity contribution is 6.27. The summed E-state index contributed by atoms with van der Waals surface area (Å²) in [5.74, 6) is -3.65. The maximum absolute atomic E-state index is 9.10. The number of hydrogen-bond acceptors (Lipinski definition) is 3. The van der Waals surface area contributed by atoms with Crippen LogP contribution in [0.5, 0.6) is 0 Å². The van der Waals surface area contributed by atoms with Gasteiger partial charge in [0, 0.05) is 11.6 Å². The Morgan fingerprint density at radius 1 is 1.12 bits per heavy atom. The van der Waals surface area contributed by atoms with Crippen molar-refractivity contribution in [3.63, 3.8) is 0 Å². The Morgan fingerprint density at radius 2 is 1.76 bits per heavy atom. The standard InChI is InChI=1S/C10H9N.C2H2O4/c1-8-4-5-10-9(7-8)3-2-6-11-10;3-1(4)2(5)6/h2-7H,1H3;(H,3,4)(H,5,6). The summed E-state index contributed by atoms with van der Waals surface area (Å²) >= 11 is 0. The molecule has 0 aliphatic rings. The van der Waals surface area contributed by atoms with E-state index in [1.807, 2.05) is 18.3 Å². The fraction of sp³-hybridized carbons (Fsp3) is 0.0833. The molecule has 5 nitrogen and oxygen atoms in total. The van der Waals surface area contributed by atoms with E-state index in [0.717, 1.165) is 5.52 Å². The van der Waals surface area contributed by atoms with Crippen molar-refractivity contribution >= 4 is 22.8 Å². The van der Waals surface area contributed by atoms with Crippen molar-refractivity contribution in [3.8, 4) is 0 Å². The van der Waals surface area contributed by atoms with Gasteiger partial charge in [0.05, 0.1) is 5.52 Å². The molecular weight excluding hydrogens is 222 g/mol. The number of aryl methyl sites for hydroxylation is 1. The Hall–Kier alpha value is -2.43. The highest BCUT2D eigenvalue weighted by Crippen LogP contribution is 2.11. The van der Waals surface area contributed by atoms with Gasteiger partial charge in [-0.25, -0.2) is 9.59 Å². The molecule has 0 aliphatic heterocycles. The second kappa shape index (κ2) is 5.60. The maximum Gasteiger partial charge on any atom is 0.414 e. The summed E-state index contributed by atoms with van der Waals surface area (Å²) in [6.07, 6.45) is 1.82. The molecule has 2 rings (SSSR count). The van der Waals surface area contributed by atoms with Crippen molar-refractivity contribution in [2.24, 2.45) is 0 Å². The van der Waals surface area contributed by atoms with Crippen molar-refractivity contribution in [1.82, 2.24) is 4.98 Å². The Labute approximate surface area is 97.3 Å². The number of rotatable bonds is 0. The zero-order valence-electron chi connectivity index (χ0n) is 9.12. The number of carboxylic acids is 2. The lowest BCUT2D eigenvalue weighted by molar-refractivity contribution is -0.159. The van der Waals surface area contributed by atoms with E-state index in [-0.39, 0.29) is 0 Å². The van der Waals surface area contributed by atoms with E-state index in [1.165, 1.54) is 10.9 Å². The van der Waals surface area contributed by atoms with Gasteiger partial charge < -0.3 is 10.2 Å². The first kappa shape index (κ1) is 12.6. The topological polar surface area (TPSA) is 87.5 Å². The van der Waals surface area contributed by atoms with Crippen LogP contribution in [0.1, 0.15) is 5.56 Å². The molecule has 1 heterocycles. The molecule has 1 aromatic carbocycles. The zero-order chi connectivity index (χ0) is 12.8.